The first-order chi connectivity index (χ1) is 10.7. The fourth-order valence-corrected chi connectivity index (χ4v) is 2.14. The number of nitrogens with zero attached hydrogens (tertiary/aromatic N) is 3. The number of aromatic nitrogens is 4. The van der Waals surface area contributed by atoms with E-state index in [0.717, 1.165) is 5.39 Å². The first-order valence-electron chi connectivity index (χ1n) is 6.51. The summed E-state index contributed by atoms with van der Waals surface area (Å²) in [7, 11) is 0. The Bertz CT molecular complexity index is 791. The average Bonchev–Trinajstić information content (AvgIpc) is 3.06. The second-order valence-corrected chi connectivity index (χ2v) is 4.88. The molecule has 3 aromatic rings. The van der Waals surface area contributed by atoms with E-state index in [2.05, 4.69) is 25.7 Å². The molecule has 3 rings (SSSR count). The largest absolute Gasteiger partial charge is 0.481 e. The summed E-state index contributed by atoms with van der Waals surface area (Å²) >= 11 is 6.11. The van der Waals surface area contributed by atoms with Crippen molar-refractivity contribution in [3.8, 4) is 5.75 Å². The summed E-state index contributed by atoms with van der Waals surface area (Å²) in [5.41, 5.74) is 1.27. The number of ether oxygens (including phenoxy) is 1. The van der Waals surface area contributed by atoms with Crippen LogP contribution in [0.25, 0.3) is 10.9 Å². The summed E-state index contributed by atoms with van der Waals surface area (Å²) in [5.74, 6) is 0.249. The quantitative estimate of drug-likeness (QED) is 0.747. The van der Waals surface area contributed by atoms with Crippen LogP contribution in [0.2, 0.25) is 5.02 Å². The highest BCUT2D eigenvalue weighted by atomic mass is 35.5. The number of H-pyrrole nitrogens is 1. The second kappa shape index (κ2) is 6.40. The van der Waals surface area contributed by atoms with Crippen LogP contribution in [0, 0.1) is 0 Å². The van der Waals surface area contributed by atoms with Gasteiger partial charge in [0.15, 0.2) is 6.61 Å². The molecule has 0 bridgehead atoms. The molecule has 112 valence electrons. The van der Waals surface area contributed by atoms with Gasteiger partial charge < -0.3 is 10.1 Å². The minimum Gasteiger partial charge on any atom is -0.481 e. The van der Waals surface area contributed by atoms with Crippen molar-refractivity contribution < 1.29 is 9.53 Å². The zero-order valence-corrected chi connectivity index (χ0v) is 12.2. The van der Waals surface area contributed by atoms with Crippen molar-refractivity contribution in [2.45, 2.75) is 6.54 Å². The van der Waals surface area contributed by atoms with Crippen LogP contribution in [0.15, 0.2) is 36.7 Å². The highest BCUT2D eigenvalue weighted by Gasteiger charge is 2.09. The predicted molar refractivity (Wildman–Crippen MR) is 80.5 cm³/mol. The number of rotatable bonds is 5. The maximum atomic E-state index is 11.8. The van der Waals surface area contributed by atoms with E-state index in [9.17, 15) is 4.79 Å². The molecule has 1 aromatic carbocycles. The van der Waals surface area contributed by atoms with Crippen molar-refractivity contribution in [2.75, 3.05) is 6.61 Å². The van der Waals surface area contributed by atoms with Crippen molar-refractivity contribution in [2.24, 2.45) is 0 Å². The van der Waals surface area contributed by atoms with Crippen molar-refractivity contribution in [1.82, 2.24) is 25.7 Å². The Morgan fingerprint density at radius 3 is 3.09 bits per heavy atom. The number of pyridine rings is 1. The molecule has 0 spiro atoms. The van der Waals surface area contributed by atoms with Gasteiger partial charge in [0.05, 0.1) is 17.8 Å². The Kier molecular flexibility index (Phi) is 4.15. The van der Waals surface area contributed by atoms with Gasteiger partial charge >= 0.3 is 0 Å². The third-order valence-corrected chi connectivity index (χ3v) is 3.30. The fourth-order valence-electron chi connectivity index (χ4n) is 1.92. The maximum Gasteiger partial charge on any atom is 0.258 e. The highest BCUT2D eigenvalue weighted by molar-refractivity contribution is 6.35. The zero-order chi connectivity index (χ0) is 15.4. The SMILES string of the molecule is O=C(COc1ccc(Cl)c2cccnc12)NCc1cn[nH]n1. The summed E-state index contributed by atoms with van der Waals surface area (Å²) in [5, 5.41) is 14.0. The van der Waals surface area contributed by atoms with Gasteiger partial charge in [-0.3, -0.25) is 9.78 Å². The first kappa shape index (κ1) is 14.3. The van der Waals surface area contributed by atoms with E-state index in [-0.39, 0.29) is 19.1 Å². The van der Waals surface area contributed by atoms with Crippen LogP contribution in [0.3, 0.4) is 0 Å². The van der Waals surface area contributed by atoms with Crippen LogP contribution in [-0.2, 0) is 11.3 Å². The normalized spacial score (nSPS) is 10.6. The summed E-state index contributed by atoms with van der Waals surface area (Å²) < 4.78 is 5.53. The summed E-state index contributed by atoms with van der Waals surface area (Å²) in [6, 6.07) is 7.06. The zero-order valence-electron chi connectivity index (χ0n) is 11.4. The monoisotopic (exact) mass is 317 g/mol. The molecular weight excluding hydrogens is 306 g/mol. The van der Waals surface area contributed by atoms with Crippen LogP contribution < -0.4 is 10.1 Å². The first-order valence-corrected chi connectivity index (χ1v) is 6.89. The Balaban J connectivity index is 1.64. The van der Waals surface area contributed by atoms with Crippen molar-refractivity contribution in [1.29, 1.82) is 0 Å². The van der Waals surface area contributed by atoms with E-state index >= 15 is 0 Å². The molecule has 0 fully saturated rings. The molecule has 0 radical (unpaired) electrons. The van der Waals surface area contributed by atoms with Gasteiger partial charge in [-0.25, -0.2) is 0 Å². The van der Waals surface area contributed by atoms with Crippen LogP contribution >= 0.6 is 11.6 Å². The number of halogens is 1. The van der Waals surface area contributed by atoms with E-state index in [0.29, 0.717) is 22.0 Å². The van der Waals surface area contributed by atoms with Gasteiger partial charge in [0.25, 0.3) is 5.91 Å². The number of carbonyl (C=O) groups is 1. The van der Waals surface area contributed by atoms with E-state index < -0.39 is 0 Å². The lowest BCUT2D eigenvalue weighted by Gasteiger charge is -2.09. The predicted octanol–water partition coefficient (Wildman–Crippen LogP) is 1.70. The topological polar surface area (TPSA) is 92.8 Å². The van der Waals surface area contributed by atoms with Crippen molar-refractivity contribution in [3.63, 3.8) is 0 Å². The van der Waals surface area contributed by atoms with Crippen LogP contribution in [0.5, 0.6) is 5.75 Å². The van der Waals surface area contributed by atoms with Gasteiger partial charge in [0, 0.05) is 11.6 Å². The van der Waals surface area contributed by atoms with Gasteiger partial charge in [0.1, 0.15) is 17.0 Å². The summed E-state index contributed by atoms with van der Waals surface area (Å²) in [6.45, 7) is 0.170. The van der Waals surface area contributed by atoms with E-state index in [4.69, 9.17) is 16.3 Å². The van der Waals surface area contributed by atoms with Crippen molar-refractivity contribution >= 4 is 28.4 Å². The molecule has 7 nitrogen and oxygen atoms in total. The van der Waals surface area contributed by atoms with Crippen LogP contribution in [0.4, 0.5) is 0 Å². The lowest BCUT2D eigenvalue weighted by atomic mass is 10.2. The van der Waals surface area contributed by atoms with Gasteiger partial charge in [-0.1, -0.05) is 11.6 Å². The molecule has 0 aliphatic heterocycles. The molecule has 8 heteroatoms. The molecule has 0 unspecified atom stereocenters. The Labute approximate surface area is 130 Å². The van der Waals surface area contributed by atoms with Gasteiger partial charge in [-0.05, 0) is 24.3 Å². The third-order valence-electron chi connectivity index (χ3n) is 2.97. The maximum absolute atomic E-state index is 11.8. The number of carbonyl (C=O) groups excluding carboxylic acids is 1. The molecule has 0 atom stereocenters. The molecule has 0 aliphatic rings. The smallest absolute Gasteiger partial charge is 0.258 e. The van der Waals surface area contributed by atoms with Crippen molar-refractivity contribution in [3.05, 3.63) is 47.4 Å². The Morgan fingerprint density at radius 1 is 1.36 bits per heavy atom. The van der Waals surface area contributed by atoms with E-state index in [1.807, 2.05) is 6.07 Å². The highest BCUT2D eigenvalue weighted by Crippen LogP contribution is 2.29. The number of benzene rings is 1. The molecule has 2 aromatic heterocycles. The number of aromatic amines is 1. The molecule has 0 saturated carbocycles. The lowest BCUT2D eigenvalue weighted by Crippen LogP contribution is -2.28. The molecule has 2 heterocycles. The summed E-state index contributed by atoms with van der Waals surface area (Å²) in [4.78, 5) is 16.0. The van der Waals surface area contributed by atoms with Crippen LogP contribution in [-0.4, -0.2) is 32.9 Å². The van der Waals surface area contributed by atoms with E-state index in [1.54, 1.807) is 24.4 Å². The minimum atomic E-state index is -0.262. The van der Waals surface area contributed by atoms with Crippen LogP contribution in [0.1, 0.15) is 5.69 Å². The van der Waals surface area contributed by atoms with Gasteiger partial charge in [-0.2, -0.15) is 15.4 Å². The Morgan fingerprint density at radius 2 is 2.27 bits per heavy atom. The third kappa shape index (κ3) is 3.15. The number of amides is 1. The second-order valence-electron chi connectivity index (χ2n) is 4.47. The molecule has 22 heavy (non-hydrogen) atoms. The lowest BCUT2D eigenvalue weighted by molar-refractivity contribution is -0.123. The number of hydrogen-bond donors (Lipinski definition) is 2. The molecular formula is C14H12ClN5O2. The fraction of sp³-hybridized carbons (Fsp3) is 0.143. The molecule has 0 aliphatic carbocycles. The minimum absolute atomic E-state index is 0.120. The molecule has 1 amide bonds. The Hall–Kier alpha value is -2.67. The summed E-state index contributed by atoms with van der Waals surface area (Å²) in [6.07, 6.45) is 3.19. The number of nitrogens with one attached hydrogen (secondary N) is 2. The molecule has 2 N–H and O–H groups in total. The number of hydrogen-bond acceptors (Lipinski definition) is 5. The van der Waals surface area contributed by atoms with Gasteiger partial charge in [-0.15, -0.1) is 0 Å². The number of fused-ring (bicyclic) bond motifs is 1. The molecule has 0 saturated heterocycles. The standard InChI is InChI=1S/C14H12ClN5O2/c15-11-3-4-12(14-10(11)2-1-5-16-14)22-8-13(21)17-6-9-7-18-20-19-9/h1-5,7H,6,8H2,(H,17,21)(H,18,19,20). The average molecular weight is 318 g/mol. The van der Waals surface area contributed by atoms with Gasteiger partial charge in [0.2, 0.25) is 0 Å². The van der Waals surface area contributed by atoms with E-state index in [1.165, 1.54) is 6.20 Å².